The number of primary amides is 1. The Morgan fingerprint density at radius 3 is 2.88 bits per heavy atom. The predicted octanol–water partition coefficient (Wildman–Crippen LogP) is 0.380. The van der Waals surface area contributed by atoms with Crippen LogP contribution in [0, 0.1) is 0 Å². The Kier molecular flexibility index (Phi) is 5.79. The molecule has 0 aliphatic rings. The van der Waals surface area contributed by atoms with E-state index in [2.05, 4.69) is 20.3 Å². The van der Waals surface area contributed by atoms with Crippen LogP contribution in [-0.2, 0) is 4.79 Å². The van der Waals surface area contributed by atoms with Gasteiger partial charge < -0.3 is 20.6 Å². The number of hydrogen-bond acceptors (Lipinski definition) is 9. The van der Waals surface area contributed by atoms with Gasteiger partial charge in [0.15, 0.2) is 17.3 Å². The minimum Gasteiger partial charge on any atom is -0.481 e. The first-order valence-corrected chi connectivity index (χ1v) is 7.37. The molecule has 10 heteroatoms. The highest BCUT2D eigenvalue weighted by molar-refractivity contribution is 5.96. The molecule has 132 valence electrons. The number of anilines is 3. The number of nitrogens with zero attached hydrogens (tertiary/aromatic N) is 4. The van der Waals surface area contributed by atoms with Crippen LogP contribution in [0.5, 0.6) is 5.88 Å². The number of carbonyl (C=O) groups is 2. The molecule has 0 aliphatic carbocycles. The van der Waals surface area contributed by atoms with Crippen LogP contribution in [0.3, 0.4) is 0 Å². The van der Waals surface area contributed by atoms with Crippen LogP contribution in [0.4, 0.5) is 17.3 Å². The number of aromatic nitrogens is 3. The van der Waals surface area contributed by atoms with E-state index in [0.717, 1.165) is 6.29 Å². The van der Waals surface area contributed by atoms with Gasteiger partial charge in [0.1, 0.15) is 6.29 Å². The number of hydrogen-bond donors (Lipinski definition) is 3. The number of carbonyl (C=O) groups excluding carboxylic acids is 2. The lowest BCUT2D eigenvalue weighted by atomic mass is 10.2. The zero-order chi connectivity index (χ0) is 18.4. The molecule has 0 unspecified atom stereocenters. The lowest BCUT2D eigenvalue weighted by Gasteiger charge is -2.24. The number of ether oxygens (including phenoxy) is 1. The Morgan fingerprint density at radius 2 is 2.24 bits per heavy atom. The van der Waals surface area contributed by atoms with E-state index in [9.17, 15) is 9.59 Å². The summed E-state index contributed by atoms with van der Waals surface area (Å²) in [7, 11) is 1.49. The zero-order valence-corrected chi connectivity index (χ0v) is 13.8. The molecular weight excluding hydrogens is 326 g/mol. The topological polar surface area (TPSA) is 149 Å². The minimum absolute atomic E-state index is 0.0454. The summed E-state index contributed by atoms with van der Waals surface area (Å²) in [6, 6.07) is 2.99. The molecule has 0 radical (unpaired) electrons. The van der Waals surface area contributed by atoms with Gasteiger partial charge in [-0.1, -0.05) is 0 Å². The van der Waals surface area contributed by atoms with Gasteiger partial charge in [0, 0.05) is 24.4 Å². The van der Waals surface area contributed by atoms with Crippen molar-refractivity contribution < 1.29 is 14.3 Å². The van der Waals surface area contributed by atoms with Crippen LogP contribution >= 0.6 is 0 Å². The Balaban J connectivity index is 2.37. The maximum Gasteiger partial charge on any atom is 0.271 e. The highest BCUT2D eigenvalue weighted by Crippen LogP contribution is 2.22. The molecule has 10 nitrogen and oxygen atoms in total. The van der Waals surface area contributed by atoms with Crippen molar-refractivity contribution in [3.63, 3.8) is 0 Å². The number of aldehydes is 1. The van der Waals surface area contributed by atoms with E-state index < -0.39 is 5.91 Å². The van der Waals surface area contributed by atoms with Crippen LogP contribution in [0.15, 0.2) is 24.5 Å². The van der Waals surface area contributed by atoms with Crippen molar-refractivity contribution >= 4 is 29.5 Å². The van der Waals surface area contributed by atoms with E-state index in [4.69, 9.17) is 16.3 Å². The molecule has 0 saturated heterocycles. The van der Waals surface area contributed by atoms with E-state index >= 15 is 0 Å². The van der Waals surface area contributed by atoms with Gasteiger partial charge in [-0.25, -0.2) is 20.8 Å². The lowest BCUT2D eigenvalue weighted by Crippen LogP contribution is -2.40. The maximum atomic E-state index is 11.6. The third-order valence-electron chi connectivity index (χ3n) is 3.38. The Hall–Kier alpha value is -3.27. The highest BCUT2D eigenvalue weighted by atomic mass is 16.5. The van der Waals surface area contributed by atoms with Crippen molar-refractivity contribution in [2.24, 2.45) is 11.6 Å². The quantitative estimate of drug-likeness (QED) is 0.350. The van der Waals surface area contributed by atoms with Gasteiger partial charge >= 0.3 is 0 Å². The molecule has 0 aliphatic heterocycles. The molecule has 1 amide bonds. The Labute approximate surface area is 144 Å². The fourth-order valence-electron chi connectivity index (χ4n) is 1.99. The summed E-state index contributed by atoms with van der Waals surface area (Å²) in [4.78, 5) is 34.6. The number of rotatable bonds is 8. The summed E-state index contributed by atoms with van der Waals surface area (Å²) in [5.41, 5.74) is 5.88. The van der Waals surface area contributed by atoms with Crippen molar-refractivity contribution in [1.82, 2.24) is 15.0 Å². The average Bonchev–Trinajstić information content (AvgIpc) is 2.61. The van der Waals surface area contributed by atoms with Crippen molar-refractivity contribution in [2.45, 2.75) is 19.4 Å². The number of pyridine rings is 1. The van der Waals surface area contributed by atoms with E-state index in [0.29, 0.717) is 11.6 Å². The van der Waals surface area contributed by atoms with Gasteiger partial charge in [0.25, 0.3) is 5.91 Å². The number of nitrogens with two attached hydrogens (primary N) is 2. The molecule has 0 aromatic carbocycles. The average molecular weight is 345 g/mol. The summed E-state index contributed by atoms with van der Waals surface area (Å²) < 4.78 is 5.05. The number of amides is 1. The number of methoxy groups -OCH3 is 1. The second-order valence-corrected chi connectivity index (χ2v) is 5.16. The van der Waals surface area contributed by atoms with Crippen LogP contribution in [0.25, 0.3) is 0 Å². The summed E-state index contributed by atoms with van der Waals surface area (Å²) in [5.74, 6) is 6.01. The van der Waals surface area contributed by atoms with Gasteiger partial charge in [-0.15, -0.1) is 0 Å². The molecule has 5 N–H and O–H groups in total. The van der Waals surface area contributed by atoms with Gasteiger partial charge in [-0.05, 0) is 13.0 Å². The van der Waals surface area contributed by atoms with Crippen molar-refractivity contribution in [3.8, 4) is 5.88 Å². The van der Waals surface area contributed by atoms with Gasteiger partial charge in [0.05, 0.1) is 19.3 Å². The summed E-state index contributed by atoms with van der Waals surface area (Å²) in [6.45, 7) is 1.76. The first-order valence-electron chi connectivity index (χ1n) is 7.37. The normalized spacial score (nSPS) is 11.5. The second kappa shape index (κ2) is 8.02. The second-order valence-electron chi connectivity index (χ2n) is 5.16. The molecule has 2 heterocycles. The molecule has 2 aromatic rings. The summed E-state index contributed by atoms with van der Waals surface area (Å²) in [6.07, 6.45) is 3.84. The van der Waals surface area contributed by atoms with Gasteiger partial charge in [-0.3, -0.25) is 9.80 Å². The smallest absolute Gasteiger partial charge is 0.271 e. The van der Waals surface area contributed by atoms with Crippen LogP contribution in [0.1, 0.15) is 23.8 Å². The predicted molar refractivity (Wildman–Crippen MR) is 91.4 cm³/mol. The molecular formula is C15H19N7O3. The van der Waals surface area contributed by atoms with Crippen LogP contribution in [-0.4, -0.2) is 40.3 Å². The molecule has 2 aromatic heterocycles. The summed E-state index contributed by atoms with van der Waals surface area (Å²) >= 11 is 0. The standard InChI is InChI=1S/C15H19N7O3/c1-9(4-6-23)22(17)11-8-19-13(14(16)24)15(21-11)20-10-3-5-18-12(7-10)25-2/h3,5-9H,4,17H2,1-2H3,(H2,16,24)(H,18,20,21)/t9-/m1/s1. The van der Waals surface area contributed by atoms with Crippen molar-refractivity contribution in [2.75, 3.05) is 17.4 Å². The van der Waals surface area contributed by atoms with Crippen LogP contribution < -0.4 is 26.6 Å². The Bertz CT molecular complexity index is 769. The molecule has 25 heavy (non-hydrogen) atoms. The maximum absolute atomic E-state index is 11.6. The highest BCUT2D eigenvalue weighted by Gasteiger charge is 2.18. The third kappa shape index (κ3) is 4.38. The molecule has 0 fully saturated rings. The van der Waals surface area contributed by atoms with Gasteiger partial charge in [-0.2, -0.15) is 0 Å². The number of nitrogens with one attached hydrogen (secondary N) is 1. The molecule has 1 atom stereocenters. The fraction of sp³-hybridized carbons (Fsp3) is 0.267. The summed E-state index contributed by atoms with van der Waals surface area (Å²) in [5, 5.41) is 4.24. The van der Waals surface area contributed by atoms with E-state index in [1.165, 1.54) is 24.5 Å². The van der Waals surface area contributed by atoms with Crippen LogP contribution in [0.2, 0.25) is 0 Å². The minimum atomic E-state index is -0.743. The Morgan fingerprint density at radius 1 is 1.48 bits per heavy atom. The first kappa shape index (κ1) is 18.1. The van der Waals surface area contributed by atoms with E-state index in [-0.39, 0.29) is 29.8 Å². The van der Waals surface area contributed by atoms with E-state index in [1.54, 1.807) is 19.1 Å². The van der Waals surface area contributed by atoms with Crippen molar-refractivity contribution in [3.05, 3.63) is 30.2 Å². The van der Waals surface area contributed by atoms with Crippen molar-refractivity contribution in [1.29, 1.82) is 0 Å². The molecule has 2 rings (SSSR count). The largest absolute Gasteiger partial charge is 0.481 e. The number of hydrazine groups is 1. The lowest BCUT2D eigenvalue weighted by molar-refractivity contribution is -0.108. The molecule has 0 bridgehead atoms. The molecule has 0 spiro atoms. The first-order chi connectivity index (χ1) is 12.0. The third-order valence-corrected chi connectivity index (χ3v) is 3.38. The molecule has 0 saturated carbocycles. The SMILES string of the molecule is COc1cc(Nc2nc(N(N)[C@H](C)CC=O)cnc2C(N)=O)ccn1. The van der Waals surface area contributed by atoms with E-state index in [1.807, 2.05) is 0 Å². The zero-order valence-electron chi connectivity index (χ0n) is 13.8. The van der Waals surface area contributed by atoms with Gasteiger partial charge in [0.2, 0.25) is 5.88 Å². The monoisotopic (exact) mass is 345 g/mol. The fourth-order valence-corrected chi connectivity index (χ4v) is 1.99.